The minimum atomic E-state index is -0.602. The first-order valence-electron chi connectivity index (χ1n) is 9.84. The number of aliphatic imine (C=N–C) groups is 1. The molecule has 3 aromatic rings. The number of amides is 1. The molecule has 0 spiro atoms. The molecule has 1 aromatic carbocycles. The molecule has 1 saturated heterocycles. The molecule has 1 fully saturated rings. The van der Waals surface area contributed by atoms with Gasteiger partial charge >= 0.3 is 5.91 Å². The lowest BCUT2D eigenvalue weighted by Gasteiger charge is -2.28. The molecule has 2 aromatic heterocycles. The molecule has 31 heavy (non-hydrogen) atoms. The minimum absolute atomic E-state index is 0.0180. The number of carbonyl (C=O) groups excluding carboxylic acids is 1. The molecule has 1 aliphatic rings. The molecule has 0 saturated carbocycles. The van der Waals surface area contributed by atoms with Gasteiger partial charge in [0.15, 0.2) is 5.65 Å². The number of nitriles is 1. The van der Waals surface area contributed by atoms with E-state index < -0.39 is 11.7 Å². The van der Waals surface area contributed by atoms with Gasteiger partial charge in [0, 0.05) is 17.6 Å². The van der Waals surface area contributed by atoms with E-state index in [4.69, 9.17) is 10.00 Å². The number of hydrogen-bond donors (Lipinski definition) is 1. The number of halogens is 1. The van der Waals surface area contributed by atoms with Crippen molar-refractivity contribution >= 4 is 29.9 Å². The normalized spacial score (nSPS) is 14.3. The highest BCUT2D eigenvalue weighted by Crippen LogP contribution is 2.27. The molecule has 0 radical (unpaired) electrons. The highest BCUT2D eigenvalue weighted by atomic mass is 19.1. The Morgan fingerprint density at radius 3 is 2.84 bits per heavy atom. The Morgan fingerprint density at radius 1 is 1.39 bits per heavy atom. The van der Waals surface area contributed by atoms with E-state index in [9.17, 15) is 9.18 Å². The van der Waals surface area contributed by atoms with Crippen molar-refractivity contribution in [3.8, 4) is 17.2 Å². The van der Waals surface area contributed by atoms with Crippen molar-refractivity contribution in [2.75, 3.05) is 7.11 Å². The molecular weight excluding hydrogens is 398 g/mol. The van der Waals surface area contributed by atoms with Gasteiger partial charge in [-0.05, 0) is 50.3 Å². The van der Waals surface area contributed by atoms with Gasteiger partial charge in [0.05, 0.1) is 24.7 Å². The van der Waals surface area contributed by atoms with E-state index >= 15 is 0 Å². The minimum Gasteiger partial charge on any atom is -0.477 e. The Bertz CT molecular complexity index is 1240. The molecule has 3 heterocycles. The lowest BCUT2D eigenvalue weighted by Crippen LogP contribution is -2.49. The van der Waals surface area contributed by atoms with Crippen LogP contribution in [0.15, 0.2) is 35.5 Å². The summed E-state index contributed by atoms with van der Waals surface area (Å²) in [5, 5.41) is 16.1. The fourth-order valence-electron chi connectivity index (χ4n) is 3.53. The summed E-state index contributed by atoms with van der Waals surface area (Å²) < 4.78 is 21.5. The van der Waals surface area contributed by atoms with Gasteiger partial charge in [-0.3, -0.25) is 4.79 Å². The third-order valence-corrected chi connectivity index (χ3v) is 5.24. The number of benzene rings is 1. The second kappa shape index (κ2) is 8.18. The van der Waals surface area contributed by atoms with Crippen molar-refractivity contribution in [3.63, 3.8) is 0 Å². The summed E-state index contributed by atoms with van der Waals surface area (Å²) in [5.74, 6) is 0.777. The first-order valence-corrected chi connectivity index (χ1v) is 9.84. The van der Waals surface area contributed by atoms with E-state index in [2.05, 4.69) is 26.4 Å². The zero-order chi connectivity index (χ0) is 22.1. The smallest absolute Gasteiger partial charge is 0.306 e. The number of aryl methyl sites for hydroxylation is 2. The fourth-order valence-corrected chi connectivity index (χ4v) is 3.53. The van der Waals surface area contributed by atoms with Gasteiger partial charge in [0.25, 0.3) is 12.6 Å². The van der Waals surface area contributed by atoms with Crippen LogP contribution in [0.1, 0.15) is 11.3 Å². The second-order valence-electron chi connectivity index (χ2n) is 7.62. The quantitative estimate of drug-likeness (QED) is 0.400. The van der Waals surface area contributed by atoms with Crippen LogP contribution in [0.5, 0.6) is 0 Å². The van der Waals surface area contributed by atoms with Crippen molar-refractivity contribution in [1.82, 2.24) is 19.9 Å². The lowest BCUT2D eigenvalue weighted by molar-refractivity contribution is -0.116. The second-order valence-corrected chi connectivity index (χ2v) is 7.62. The molecule has 1 aliphatic heterocycles. The van der Waals surface area contributed by atoms with Gasteiger partial charge in [-0.1, -0.05) is 6.07 Å². The molecule has 0 atom stereocenters. The first kappa shape index (κ1) is 20.5. The van der Waals surface area contributed by atoms with Gasteiger partial charge in [0.2, 0.25) is 0 Å². The largest absolute Gasteiger partial charge is 0.477 e. The number of rotatable bonds is 3. The number of imidazole rings is 1. The van der Waals surface area contributed by atoms with E-state index in [1.807, 2.05) is 26.1 Å². The van der Waals surface area contributed by atoms with Gasteiger partial charge in [-0.2, -0.15) is 5.10 Å². The topological polar surface area (TPSA) is 105 Å². The Morgan fingerprint density at radius 2 is 2.16 bits per heavy atom. The van der Waals surface area contributed by atoms with E-state index in [0.29, 0.717) is 23.9 Å². The number of methoxy groups -OCH3 is 1. The number of nitrogens with zero attached hydrogens (tertiary/aromatic N) is 5. The SMILES string of the molecule is COC(=Nc1ccc(-c2cc(C)c3nc(C)cn3n2)cc1F)C(=O)NC1CB(C#N)C1. The maximum Gasteiger partial charge on any atom is 0.306 e. The maximum atomic E-state index is 14.8. The summed E-state index contributed by atoms with van der Waals surface area (Å²) >= 11 is 0. The van der Waals surface area contributed by atoms with Crippen molar-refractivity contribution in [2.24, 2.45) is 4.99 Å². The van der Waals surface area contributed by atoms with Gasteiger partial charge < -0.3 is 10.1 Å². The van der Waals surface area contributed by atoms with Crippen molar-refractivity contribution < 1.29 is 13.9 Å². The number of carbonyl (C=O) groups is 1. The van der Waals surface area contributed by atoms with Crippen LogP contribution in [0.25, 0.3) is 16.9 Å². The van der Waals surface area contributed by atoms with Crippen LogP contribution in [0.2, 0.25) is 12.6 Å². The Labute approximate surface area is 178 Å². The predicted molar refractivity (Wildman–Crippen MR) is 115 cm³/mol. The summed E-state index contributed by atoms with van der Waals surface area (Å²) in [6.45, 7) is 3.77. The number of fused-ring (bicyclic) bond motifs is 1. The van der Waals surface area contributed by atoms with Crippen LogP contribution in [0.4, 0.5) is 10.1 Å². The van der Waals surface area contributed by atoms with Gasteiger partial charge in [-0.25, -0.2) is 24.1 Å². The zero-order valence-corrected chi connectivity index (χ0v) is 17.4. The standard InChI is InChI=1S/C21H20BFN6O2/c1-12-6-18(28-29-10-13(2)25-19(12)29)14-4-5-17(16(23)7-14)27-21(31-3)20(30)26-15-8-22(9-15)11-24/h4-7,10,15H,8-9H2,1-3H3,(H,26,30). The lowest BCUT2D eigenvalue weighted by atomic mass is 9.34. The predicted octanol–water partition coefficient (Wildman–Crippen LogP) is 2.88. The highest BCUT2D eigenvalue weighted by molar-refractivity contribution is 6.70. The Balaban J connectivity index is 1.56. The molecule has 156 valence electrons. The van der Waals surface area contributed by atoms with E-state index in [-0.39, 0.29) is 24.3 Å². The van der Waals surface area contributed by atoms with E-state index in [0.717, 1.165) is 16.9 Å². The van der Waals surface area contributed by atoms with Crippen molar-refractivity contribution in [2.45, 2.75) is 32.5 Å². The fraction of sp³-hybridized carbons (Fsp3) is 0.286. The zero-order valence-electron chi connectivity index (χ0n) is 17.4. The van der Waals surface area contributed by atoms with Crippen LogP contribution < -0.4 is 5.32 Å². The van der Waals surface area contributed by atoms with Crippen LogP contribution in [0, 0.1) is 30.9 Å². The van der Waals surface area contributed by atoms with Crippen LogP contribution in [-0.4, -0.2) is 46.3 Å². The average molecular weight is 418 g/mol. The highest BCUT2D eigenvalue weighted by Gasteiger charge is 2.34. The third kappa shape index (κ3) is 4.12. The summed E-state index contributed by atoms with van der Waals surface area (Å²) in [7, 11) is 1.30. The Kier molecular flexibility index (Phi) is 5.42. The Hall–Kier alpha value is -3.74. The molecule has 4 rings (SSSR count). The van der Waals surface area contributed by atoms with Crippen LogP contribution in [0.3, 0.4) is 0 Å². The number of ether oxygens (including phenoxy) is 1. The molecule has 1 N–H and O–H groups in total. The number of nitrogens with one attached hydrogen (secondary N) is 1. The summed E-state index contributed by atoms with van der Waals surface area (Å²) in [6, 6.07) is 6.24. The van der Waals surface area contributed by atoms with Crippen LogP contribution in [-0.2, 0) is 9.53 Å². The first-order chi connectivity index (χ1) is 14.9. The average Bonchev–Trinajstić information content (AvgIpc) is 3.10. The molecule has 0 bridgehead atoms. The van der Waals surface area contributed by atoms with E-state index in [1.165, 1.54) is 19.2 Å². The molecule has 10 heteroatoms. The summed E-state index contributed by atoms with van der Waals surface area (Å²) in [6.07, 6.45) is 3.00. The third-order valence-electron chi connectivity index (χ3n) is 5.24. The van der Waals surface area contributed by atoms with Gasteiger partial charge in [-0.15, -0.1) is 0 Å². The maximum absolute atomic E-state index is 14.8. The van der Waals surface area contributed by atoms with Crippen molar-refractivity contribution in [3.05, 3.63) is 47.5 Å². The number of hydrogen-bond acceptors (Lipinski definition) is 6. The number of aromatic nitrogens is 3. The van der Waals surface area contributed by atoms with E-state index in [1.54, 1.807) is 10.6 Å². The van der Waals surface area contributed by atoms with Crippen LogP contribution >= 0.6 is 0 Å². The molecule has 0 aliphatic carbocycles. The van der Waals surface area contributed by atoms with Gasteiger partial charge in [0.1, 0.15) is 11.5 Å². The summed E-state index contributed by atoms with van der Waals surface area (Å²) in [4.78, 5) is 20.8. The molecule has 1 amide bonds. The molecule has 8 nitrogen and oxygen atoms in total. The molecular formula is C21H20BFN6O2. The molecule has 0 unspecified atom stereocenters. The van der Waals surface area contributed by atoms with Crippen molar-refractivity contribution in [1.29, 1.82) is 5.26 Å². The summed E-state index contributed by atoms with van der Waals surface area (Å²) in [5.41, 5.74) is 3.68. The monoisotopic (exact) mass is 418 g/mol.